The van der Waals surface area contributed by atoms with Crippen molar-refractivity contribution in [3.8, 4) is 17.6 Å². The second kappa shape index (κ2) is 8.88. The fraction of sp³-hybridized carbons (Fsp3) is 0.217. The molecule has 3 aromatic rings. The zero-order valence-corrected chi connectivity index (χ0v) is 18.0. The van der Waals surface area contributed by atoms with Crippen molar-refractivity contribution >= 4 is 34.2 Å². The Balaban J connectivity index is 1.57. The Kier molecular flexibility index (Phi) is 6.05. The third-order valence-corrected chi connectivity index (χ3v) is 6.49. The van der Waals surface area contributed by atoms with Crippen LogP contribution in [0.5, 0.6) is 11.5 Å². The quantitative estimate of drug-likeness (QED) is 0.550. The van der Waals surface area contributed by atoms with Crippen LogP contribution in [0.1, 0.15) is 27.1 Å². The van der Waals surface area contributed by atoms with Gasteiger partial charge in [0.05, 0.1) is 17.7 Å². The molecule has 4 rings (SSSR count). The molecule has 1 aromatic heterocycles. The van der Waals surface area contributed by atoms with Gasteiger partial charge in [-0.05, 0) is 35.2 Å². The number of methoxy groups -OCH3 is 1. The van der Waals surface area contributed by atoms with Gasteiger partial charge >= 0.3 is 0 Å². The molecule has 0 bridgehead atoms. The normalized spacial score (nSPS) is 13.9. The number of nitriles is 1. The van der Waals surface area contributed by atoms with Gasteiger partial charge in [0, 0.05) is 30.7 Å². The number of nitrogens with zero attached hydrogens (tertiary/aromatic N) is 3. The van der Waals surface area contributed by atoms with Crippen LogP contribution in [0.2, 0.25) is 5.02 Å². The van der Waals surface area contributed by atoms with Crippen molar-refractivity contribution in [1.29, 1.82) is 5.26 Å². The number of fused-ring (bicyclic) bond motifs is 1. The summed E-state index contributed by atoms with van der Waals surface area (Å²) in [4.78, 5) is 8.16. The van der Waals surface area contributed by atoms with Crippen LogP contribution in [-0.4, -0.2) is 29.9 Å². The van der Waals surface area contributed by atoms with Gasteiger partial charge in [0.25, 0.3) is 0 Å². The standard InChI is InChI=1S/C23H20ClN3O2S/c1-29-20-10-16(9-19(24)22(20)28)12-26-23-18(11-25)17-7-8-27(14-21(17)30-23)13-15-5-3-2-4-6-15/h2-6,9-10,12,28H,7-8,13-14H2,1H3. The summed E-state index contributed by atoms with van der Waals surface area (Å²) in [6, 6.07) is 16.0. The van der Waals surface area contributed by atoms with E-state index in [1.807, 2.05) is 6.07 Å². The summed E-state index contributed by atoms with van der Waals surface area (Å²) in [5.41, 5.74) is 3.74. The summed E-state index contributed by atoms with van der Waals surface area (Å²) in [6.45, 7) is 2.63. The summed E-state index contributed by atoms with van der Waals surface area (Å²) in [7, 11) is 1.47. The first-order chi connectivity index (χ1) is 14.6. The first-order valence-electron chi connectivity index (χ1n) is 9.50. The molecule has 0 spiro atoms. The second-order valence-electron chi connectivity index (χ2n) is 7.05. The Morgan fingerprint density at radius 3 is 2.87 bits per heavy atom. The van der Waals surface area contributed by atoms with E-state index in [-0.39, 0.29) is 16.5 Å². The minimum absolute atomic E-state index is 0.0980. The Bertz CT molecular complexity index is 1140. The lowest BCUT2D eigenvalue weighted by Crippen LogP contribution is -2.29. The molecule has 0 fully saturated rings. The number of phenols is 1. The molecule has 2 heterocycles. The molecule has 0 radical (unpaired) electrons. The number of phenolic OH excluding ortho intramolecular Hbond substituents is 1. The average Bonchev–Trinajstić information content (AvgIpc) is 3.11. The fourth-order valence-corrected chi connectivity index (χ4v) is 4.99. The number of rotatable bonds is 5. The smallest absolute Gasteiger partial charge is 0.176 e. The maximum atomic E-state index is 9.88. The van der Waals surface area contributed by atoms with E-state index in [2.05, 4.69) is 40.2 Å². The average molecular weight is 438 g/mol. The van der Waals surface area contributed by atoms with Crippen LogP contribution >= 0.6 is 22.9 Å². The molecule has 152 valence electrons. The molecule has 5 nitrogen and oxygen atoms in total. The summed E-state index contributed by atoms with van der Waals surface area (Å²) in [5.74, 6) is 0.186. The van der Waals surface area contributed by atoms with Crippen LogP contribution in [0.4, 0.5) is 5.00 Å². The molecular weight excluding hydrogens is 418 g/mol. The summed E-state index contributed by atoms with van der Waals surface area (Å²) in [5, 5.41) is 20.5. The van der Waals surface area contributed by atoms with Gasteiger partial charge in [-0.3, -0.25) is 4.90 Å². The maximum Gasteiger partial charge on any atom is 0.176 e. The lowest BCUT2D eigenvalue weighted by molar-refractivity contribution is 0.249. The summed E-state index contributed by atoms with van der Waals surface area (Å²) >= 11 is 7.62. The van der Waals surface area contributed by atoms with Gasteiger partial charge in [0.1, 0.15) is 11.1 Å². The topological polar surface area (TPSA) is 68.8 Å². The zero-order valence-electron chi connectivity index (χ0n) is 16.4. The van der Waals surface area contributed by atoms with Crippen LogP contribution in [0.15, 0.2) is 47.5 Å². The number of aromatic hydroxyl groups is 1. The van der Waals surface area contributed by atoms with Crippen molar-refractivity contribution in [2.24, 2.45) is 4.99 Å². The highest BCUT2D eigenvalue weighted by molar-refractivity contribution is 7.16. The molecule has 1 N–H and O–H groups in total. The predicted octanol–water partition coefficient (Wildman–Crippen LogP) is 5.30. The van der Waals surface area contributed by atoms with Crippen LogP contribution in [0.3, 0.4) is 0 Å². The summed E-state index contributed by atoms with van der Waals surface area (Å²) < 4.78 is 5.14. The van der Waals surface area contributed by atoms with Gasteiger partial charge in [0.2, 0.25) is 0 Å². The molecule has 0 unspecified atom stereocenters. The number of halogens is 1. The second-order valence-corrected chi connectivity index (χ2v) is 8.54. The lowest BCUT2D eigenvalue weighted by Gasteiger charge is -2.26. The Morgan fingerprint density at radius 1 is 1.33 bits per heavy atom. The van der Waals surface area contributed by atoms with E-state index in [4.69, 9.17) is 16.3 Å². The Morgan fingerprint density at radius 2 is 2.13 bits per heavy atom. The minimum Gasteiger partial charge on any atom is -0.503 e. The number of ether oxygens (including phenoxy) is 1. The highest BCUT2D eigenvalue weighted by atomic mass is 35.5. The monoisotopic (exact) mass is 437 g/mol. The molecule has 2 aromatic carbocycles. The van der Waals surface area contributed by atoms with Crippen molar-refractivity contribution in [2.45, 2.75) is 19.5 Å². The van der Waals surface area contributed by atoms with Gasteiger partial charge in [-0.2, -0.15) is 5.26 Å². The predicted molar refractivity (Wildman–Crippen MR) is 120 cm³/mol. The van der Waals surface area contributed by atoms with Gasteiger partial charge in [-0.1, -0.05) is 41.9 Å². The fourth-order valence-electron chi connectivity index (χ4n) is 3.58. The number of benzene rings is 2. The SMILES string of the molecule is COc1cc(C=Nc2sc3c(c2C#N)CCN(Cc2ccccc2)C3)cc(Cl)c1O. The maximum absolute atomic E-state index is 9.88. The number of aliphatic imine (C=N–C) groups is 1. The first-order valence-corrected chi connectivity index (χ1v) is 10.7. The van der Waals surface area contributed by atoms with E-state index < -0.39 is 0 Å². The van der Waals surface area contributed by atoms with Crippen molar-refractivity contribution in [3.63, 3.8) is 0 Å². The van der Waals surface area contributed by atoms with Gasteiger partial charge < -0.3 is 9.84 Å². The minimum atomic E-state index is -0.0980. The highest BCUT2D eigenvalue weighted by Crippen LogP contribution is 2.39. The van der Waals surface area contributed by atoms with Crippen LogP contribution in [0, 0.1) is 11.3 Å². The van der Waals surface area contributed by atoms with Crippen LogP contribution in [-0.2, 0) is 19.5 Å². The van der Waals surface area contributed by atoms with Crippen LogP contribution < -0.4 is 4.74 Å². The van der Waals surface area contributed by atoms with E-state index in [1.165, 1.54) is 17.6 Å². The van der Waals surface area contributed by atoms with Gasteiger partial charge in [-0.15, -0.1) is 11.3 Å². The van der Waals surface area contributed by atoms with Crippen LogP contribution in [0.25, 0.3) is 0 Å². The van der Waals surface area contributed by atoms with Crippen molar-refractivity contribution < 1.29 is 9.84 Å². The molecule has 7 heteroatoms. The van der Waals surface area contributed by atoms with E-state index in [0.29, 0.717) is 16.1 Å². The van der Waals surface area contributed by atoms with Gasteiger partial charge in [0.15, 0.2) is 11.5 Å². The third-order valence-electron chi connectivity index (χ3n) is 5.08. The van der Waals surface area contributed by atoms with Crippen molar-refractivity contribution in [2.75, 3.05) is 13.7 Å². The Labute approximate surface area is 184 Å². The third kappa shape index (κ3) is 4.19. The molecule has 0 saturated heterocycles. The Hall–Kier alpha value is -2.85. The molecule has 30 heavy (non-hydrogen) atoms. The molecule has 0 aliphatic carbocycles. The van der Waals surface area contributed by atoms with E-state index in [0.717, 1.165) is 31.6 Å². The molecule has 0 saturated carbocycles. The number of hydrogen-bond acceptors (Lipinski definition) is 6. The highest BCUT2D eigenvalue weighted by Gasteiger charge is 2.24. The first kappa shape index (κ1) is 20.4. The lowest BCUT2D eigenvalue weighted by atomic mass is 10.0. The molecule has 1 aliphatic rings. The number of hydrogen-bond donors (Lipinski definition) is 1. The molecule has 0 atom stereocenters. The van der Waals surface area contributed by atoms with Crippen molar-refractivity contribution in [3.05, 3.63) is 74.6 Å². The van der Waals surface area contributed by atoms with E-state index in [1.54, 1.807) is 29.7 Å². The molecular formula is C23H20ClN3O2S. The number of thiophene rings is 1. The van der Waals surface area contributed by atoms with Gasteiger partial charge in [-0.25, -0.2) is 4.99 Å². The van der Waals surface area contributed by atoms with Crippen molar-refractivity contribution in [1.82, 2.24) is 4.90 Å². The van der Waals surface area contributed by atoms with E-state index in [9.17, 15) is 10.4 Å². The summed E-state index contributed by atoms with van der Waals surface area (Å²) in [6.07, 6.45) is 2.49. The molecule has 0 amide bonds. The zero-order chi connectivity index (χ0) is 21.1. The molecule has 1 aliphatic heterocycles. The van der Waals surface area contributed by atoms with E-state index >= 15 is 0 Å². The largest absolute Gasteiger partial charge is 0.503 e.